The number of likely N-dealkylation sites (N-methyl/N-ethyl adjacent to an activating group) is 1. The Labute approximate surface area is 195 Å². The molecule has 2 heterocycles. The number of rotatable bonds is 9. The van der Waals surface area contributed by atoms with Crippen molar-refractivity contribution in [3.8, 4) is 5.69 Å². The Bertz CT molecular complexity index is 1170. The fourth-order valence-electron chi connectivity index (χ4n) is 4.01. The first-order valence-electron chi connectivity index (χ1n) is 11.1. The predicted octanol–water partition coefficient (Wildman–Crippen LogP) is 4.74. The summed E-state index contributed by atoms with van der Waals surface area (Å²) in [5.41, 5.74) is 5.35. The van der Waals surface area contributed by atoms with Crippen molar-refractivity contribution < 1.29 is 9.21 Å². The van der Waals surface area contributed by atoms with E-state index in [9.17, 15) is 4.79 Å². The molecule has 2 aromatic carbocycles. The molecule has 33 heavy (non-hydrogen) atoms. The Morgan fingerprint density at radius 3 is 2.27 bits per heavy atom. The Hall–Kier alpha value is -3.64. The molecule has 0 radical (unpaired) electrons. The smallest absolute Gasteiger partial charge is 0.237 e. The molecule has 170 valence electrons. The van der Waals surface area contributed by atoms with Crippen LogP contribution in [0.3, 0.4) is 0 Å². The zero-order valence-electron chi connectivity index (χ0n) is 19.4. The molecule has 0 spiro atoms. The molecule has 0 atom stereocenters. The number of carbonyl (C=O) groups excluding carboxylic acids is 1. The molecule has 0 saturated heterocycles. The van der Waals surface area contributed by atoms with E-state index in [1.165, 1.54) is 0 Å². The van der Waals surface area contributed by atoms with Gasteiger partial charge in [-0.3, -0.25) is 9.69 Å². The van der Waals surface area contributed by atoms with Crippen LogP contribution in [0.25, 0.3) is 5.69 Å². The van der Waals surface area contributed by atoms with E-state index in [-0.39, 0.29) is 5.91 Å². The number of amides is 1. The van der Waals surface area contributed by atoms with E-state index in [2.05, 4.69) is 11.8 Å². The van der Waals surface area contributed by atoms with Crippen molar-refractivity contribution in [1.29, 1.82) is 0 Å². The number of furan rings is 1. The van der Waals surface area contributed by atoms with E-state index in [1.807, 2.05) is 96.3 Å². The van der Waals surface area contributed by atoms with Gasteiger partial charge in [0.1, 0.15) is 5.76 Å². The number of aryl methyl sites for hydroxylation is 1. The largest absolute Gasteiger partial charge is 0.467 e. The Kier molecular flexibility index (Phi) is 7.05. The maximum Gasteiger partial charge on any atom is 0.237 e. The first kappa shape index (κ1) is 22.6. The van der Waals surface area contributed by atoms with Crippen LogP contribution in [0.4, 0.5) is 0 Å². The predicted molar refractivity (Wildman–Crippen MR) is 129 cm³/mol. The molecule has 2 aromatic heterocycles. The second-order valence-corrected chi connectivity index (χ2v) is 8.38. The second-order valence-electron chi connectivity index (χ2n) is 8.38. The first-order valence-corrected chi connectivity index (χ1v) is 11.1. The number of benzene rings is 2. The van der Waals surface area contributed by atoms with Gasteiger partial charge in [0.05, 0.1) is 30.7 Å². The summed E-state index contributed by atoms with van der Waals surface area (Å²) in [4.78, 5) is 17.2. The van der Waals surface area contributed by atoms with Crippen molar-refractivity contribution in [2.75, 3.05) is 13.6 Å². The highest BCUT2D eigenvalue weighted by molar-refractivity contribution is 5.78. The summed E-state index contributed by atoms with van der Waals surface area (Å²) < 4.78 is 7.48. The van der Waals surface area contributed by atoms with Gasteiger partial charge in [0.25, 0.3) is 0 Å². The molecule has 0 aliphatic rings. The minimum atomic E-state index is 0.0588. The molecular weight excluding hydrogens is 412 g/mol. The van der Waals surface area contributed by atoms with Crippen molar-refractivity contribution >= 4 is 5.91 Å². The molecule has 0 aliphatic heterocycles. The van der Waals surface area contributed by atoms with E-state index >= 15 is 0 Å². The third-order valence-electron chi connectivity index (χ3n) is 5.77. The number of para-hydroxylation sites is 1. The van der Waals surface area contributed by atoms with Crippen LogP contribution in [-0.2, 0) is 24.4 Å². The average molecular weight is 443 g/mol. The van der Waals surface area contributed by atoms with Gasteiger partial charge in [-0.2, -0.15) is 5.10 Å². The SMILES string of the molecule is Cc1nn(-c2ccccc2)c(C)c1CN(C)CC(=O)N(Cc1ccccc1)Cc1ccco1. The Morgan fingerprint density at radius 1 is 0.909 bits per heavy atom. The normalized spacial score (nSPS) is 11.2. The minimum Gasteiger partial charge on any atom is -0.467 e. The summed E-state index contributed by atoms with van der Waals surface area (Å²) in [6, 6.07) is 23.9. The number of aromatic nitrogens is 2. The highest BCUT2D eigenvalue weighted by Gasteiger charge is 2.20. The van der Waals surface area contributed by atoms with Crippen LogP contribution in [-0.4, -0.2) is 39.1 Å². The molecule has 0 fully saturated rings. The maximum absolute atomic E-state index is 13.3. The highest BCUT2D eigenvalue weighted by atomic mass is 16.3. The molecule has 0 N–H and O–H groups in total. The lowest BCUT2D eigenvalue weighted by atomic mass is 10.1. The lowest BCUT2D eigenvalue weighted by Crippen LogP contribution is -2.38. The van der Waals surface area contributed by atoms with Crippen LogP contribution in [0.2, 0.25) is 0 Å². The van der Waals surface area contributed by atoms with Crippen molar-refractivity contribution in [3.63, 3.8) is 0 Å². The van der Waals surface area contributed by atoms with Crippen molar-refractivity contribution in [3.05, 3.63) is 107 Å². The van der Waals surface area contributed by atoms with E-state index < -0.39 is 0 Å². The molecule has 0 bridgehead atoms. The summed E-state index contributed by atoms with van der Waals surface area (Å²) >= 11 is 0. The summed E-state index contributed by atoms with van der Waals surface area (Å²) in [5.74, 6) is 0.835. The average Bonchev–Trinajstić information content (AvgIpc) is 3.43. The Balaban J connectivity index is 1.46. The lowest BCUT2D eigenvalue weighted by Gasteiger charge is -2.25. The zero-order valence-corrected chi connectivity index (χ0v) is 19.4. The molecule has 6 heteroatoms. The van der Waals surface area contributed by atoms with Crippen LogP contribution in [0.1, 0.15) is 28.3 Å². The van der Waals surface area contributed by atoms with Crippen molar-refractivity contribution in [2.45, 2.75) is 33.5 Å². The second kappa shape index (κ2) is 10.3. The van der Waals surface area contributed by atoms with Gasteiger partial charge >= 0.3 is 0 Å². The van der Waals surface area contributed by atoms with E-state index in [0.717, 1.165) is 34.0 Å². The van der Waals surface area contributed by atoms with Crippen LogP contribution in [0.5, 0.6) is 0 Å². The number of hydrogen-bond acceptors (Lipinski definition) is 4. The maximum atomic E-state index is 13.3. The van der Waals surface area contributed by atoms with Crippen LogP contribution < -0.4 is 0 Å². The molecule has 0 unspecified atom stereocenters. The molecular formula is C27H30N4O2. The summed E-state index contributed by atoms with van der Waals surface area (Å²) in [6.45, 7) is 6.04. The summed E-state index contributed by atoms with van der Waals surface area (Å²) in [5, 5.41) is 4.74. The number of carbonyl (C=O) groups is 1. The highest BCUT2D eigenvalue weighted by Crippen LogP contribution is 2.19. The van der Waals surface area contributed by atoms with Gasteiger partial charge in [0.2, 0.25) is 5.91 Å². The van der Waals surface area contributed by atoms with Gasteiger partial charge in [-0.05, 0) is 50.7 Å². The van der Waals surface area contributed by atoms with Crippen molar-refractivity contribution in [2.24, 2.45) is 0 Å². The van der Waals surface area contributed by atoms with Gasteiger partial charge in [0.15, 0.2) is 0 Å². The standard InChI is InChI=1S/C27H30N4O2/c1-21-26(22(2)31(28-21)24-13-8-5-9-14-24)19-29(3)20-27(32)30(18-25-15-10-16-33-25)17-23-11-6-4-7-12-23/h4-16H,17-20H2,1-3H3. The third kappa shape index (κ3) is 5.59. The summed E-state index contributed by atoms with van der Waals surface area (Å²) in [7, 11) is 1.98. The fraction of sp³-hybridized carbons (Fsp3) is 0.259. The zero-order chi connectivity index (χ0) is 23.2. The molecule has 4 aromatic rings. The molecule has 0 aliphatic carbocycles. The summed E-state index contributed by atoms with van der Waals surface area (Å²) in [6.07, 6.45) is 1.64. The quantitative estimate of drug-likeness (QED) is 0.376. The number of nitrogens with zero attached hydrogens (tertiary/aromatic N) is 4. The molecule has 1 amide bonds. The number of hydrogen-bond donors (Lipinski definition) is 0. The minimum absolute atomic E-state index is 0.0588. The molecule has 0 saturated carbocycles. The van der Waals surface area contributed by atoms with Gasteiger partial charge in [0, 0.05) is 24.3 Å². The van der Waals surface area contributed by atoms with Gasteiger partial charge in [-0.1, -0.05) is 48.5 Å². The van der Waals surface area contributed by atoms with Crippen LogP contribution in [0, 0.1) is 13.8 Å². The lowest BCUT2D eigenvalue weighted by molar-refractivity contribution is -0.133. The van der Waals surface area contributed by atoms with Crippen molar-refractivity contribution in [1.82, 2.24) is 19.6 Å². The van der Waals surface area contributed by atoms with Crippen LogP contribution in [0.15, 0.2) is 83.5 Å². The van der Waals surface area contributed by atoms with Gasteiger partial charge < -0.3 is 9.32 Å². The first-order chi connectivity index (χ1) is 16.0. The van der Waals surface area contributed by atoms with Gasteiger partial charge in [-0.25, -0.2) is 4.68 Å². The van der Waals surface area contributed by atoms with Crippen LogP contribution >= 0.6 is 0 Å². The Morgan fingerprint density at radius 2 is 1.61 bits per heavy atom. The van der Waals surface area contributed by atoms with E-state index in [4.69, 9.17) is 9.52 Å². The van der Waals surface area contributed by atoms with E-state index in [1.54, 1.807) is 6.26 Å². The van der Waals surface area contributed by atoms with E-state index in [0.29, 0.717) is 26.2 Å². The molecule has 6 nitrogen and oxygen atoms in total. The fourth-order valence-corrected chi connectivity index (χ4v) is 4.01. The van der Waals surface area contributed by atoms with Gasteiger partial charge in [-0.15, -0.1) is 0 Å². The topological polar surface area (TPSA) is 54.5 Å². The molecule has 4 rings (SSSR count). The third-order valence-corrected chi connectivity index (χ3v) is 5.77. The monoisotopic (exact) mass is 442 g/mol.